The number of carbonyl (C=O) groups is 1. The zero-order valence-electron chi connectivity index (χ0n) is 14.5. The molecule has 0 spiro atoms. The SMILES string of the molecule is CC(C)CCNC(=O)c1cc(N2CCc3ccccc3C2)ccn1. The maximum atomic E-state index is 12.3. The van der Waals surface area contributed by atoms with Gasteiger partial charge in [0.1, 0.15) is 5.69 Å². The van der Waals surface area contributed by atoms with E-state index in [0.29, 0.717) is 18.2 Å². The molecule has 0 bridgehead atoms. The van der Waals surface area contributed by atoms with E-state index in [4.69, 9.17) is 0 Å². The number of benzene rings is 1. The molecule has 0 atom stereocenters. The summed E-state index contributed by atoms with van der Waals surface area (Å²) >= 11 is 0. The summed E-state index contributed by atoms with van der Waals surface area (Å²) in [5.74, 6) is 0.493. The van der Waals surface area contributed by atoms with Gasteiger partial charge in [0.25, 0.3) is 5.91 Å². The lowest BCUT2D eigenvalue weighted by molar-refractivity contribution is 0.0947. The van der Waals surface area contributed by atoms with E-state index >= 15 is 0 Å². The predicted octanol–water partition coefficient (Wildman–Crippen LogP) is 3.42. The van der Waals surface area contributed by atoms with E-state index in [-0.39, 0.29) is 5.91 Å². The molecule has 1 aliphatic heterocycles. The predicted molar refractivity (Wildman–Crippen MR) is 97.2 cm³/mol. The van der Waals surface area contributed by atoms with Gasteiger partial charge in [0, 0.05) is 31.5 Å². The van der Waals surface area contributed by atoms with Gasteiger partial charge >= 0.3 is 0 Å². The van der Waals surface area contributed by atoms with Gasteiger partial charge in [-0.05, 0) is 42.0 Å². The number of anilines is 1. The standard InChI is InChI=1S/C20H25N3O/c1-15(2)7-10-22-20(24)19-13-18(8-11-21-19)23-12-9-16-5-3-4-6-17(16)14-23/h3-6,8,11,13,15H,7,9-10,12,14H2,1-2H3,(H,22,24). The first-order valence-electron chi connectivity index (χ1n) is 8.69. The minimum absolute atomic E-state index is 0.0880. The molecule has 2 heterocycles. The van der Waals surface area contributed by atoms with Crippen LogP contribution in [0.25, 0.3) is 0 Å². The highest BCUT2D eigenvalue weighted by atomic mass is 16.1. The lowest BCUT2D eigenvalue weighted by atomic mass is 9.99. The highest BCUT2D eigenvalue weighted by Gasteiger charge is 2.17. The van der Waals surface area contributed by atoms with E-state index in [0.717, 1.165) is 31.6 Å². The van der Waals surface area contributed by atoms with Crippen LogP contribution in [0.3, 0.4) is 0 Å². The second-order valence-corrected chi connectivity index (χ2v) is 6.78. The van der Waals surface area contributed by atoms with Gasteiger partial charge < -0.3 is 10.2 Å². The molecule has 0 radical (unpaired) electrons. The van der Waals surface area contributed by atoms with Gasteiger partial charge in [-0.15, -0.1) is 0 Å². The number of nitrogens with one attached hydrogen (secondary N) is 1. The lowest BCUT2D eigenvalue weighted by Gasteiger charge is -2.30. The van der Waals surface area contributed by atoms with Crippen LogP contribution in [0.2, 0.25) is 0 Å². The minimum atomic E-state index is -0.0880. The molecule has 24 heavy (non-hydrogen) atoms. The largest absolute Gasteiger partial charge is 0.367 e. The molecule has 0 unspecified atom stereocenters. The number of fused-ring (bicyclic) bond motifs is 1. The van der Waals surface area contributed by atoms with Crippen molar-refractivity contribution in [2.75, 3.05) is 18.0 Å². The molecule has 1 N–H and O–H groups in total. The second kappa shape index (κ2) is 7.47. The van der Waals surface area contributed by atoms with Crippen molar-refractivity contribution in [2.45, 2.75) is 33.2 Å². The van der Waals surface area contributed by atoms with Crippen LogP contribution in [-0.2, 0) is 13.0 Å². The van der Waals surface area contributed by atoms with Crippen LogP contribution in [0.5, 0.6) is 0 Å². The first-order valence-corrected chi connectivity index (χ1v) is 8.69. The number of nitrogens with zero attached hydrogens (tertiary/aromatic N) is 2. The van der Waals surface area contributed by atoms with E-state index in [1.807, 2.05) is 12.1 Å². The third kappa shape index (κ3) is 3.94. The van der Waals surface area contributed by atoms with Crippen LogP contribution in [0, 0.1) is 5.92 Å². The van der Waals surface area contributed by atoms with Crippen LogP contribution < -0.4 is 10.2 Å². The van der Waals surface area contributed by atoms with Gasteiger partial charge in [0.05, 0.1) is 0 Å². The summed E-state index contributed by atoms with van der Waals surface area (Å²) in [6.07, 6.45) is 3.75. The van der Waals surface area contributed by atoms with Crippen molar-refractivity contribution >= 4 is 11.6 Å². The van der Waals surface area contributed by atoms with Crippen LogP contribution in [0.4, 0.5) is 5.69 Å². The number of aromatic nitrogens is 1. The molecular weight excluding hydrogens is 298 g/mol. The second-order valence-electron chi connectivity index (χ2n) is 6.78. The quantitative estimate of drug-likeness (QED) is 0.917. The van der Waals surface area contributed by atoms with Crippen LogP contribution in [0.15, 0.2) is 42.6 Å². The summed E-state index contributed by atoms with van der Waals surface area (Å²) in [7, 11) is 0. The fraction of sp³-hybridized carbons (Fsp3) is 0.400. The number of amides is 1. The summed E-state index contributed by atoms with van der Waals surface area (Å²) in [6, 6.07) is 12.5. The highest BCUT2D eigenvalue weighted by Crippen LogP contribution is 2.24. The van der Waals surface area contributed by atoms with Crippen molar-refractivity contribution < 1.29 is 4.79 Å². The number of carbonyl (C=O) groups excluding carboxylic acids is 1. The third-order valence-corrected chi connectivity index (χ3v) is 4.48. The normalized spacial score (nSPS) is 13.7. The zero-order chi connectivity index (χ0) is 16.9. The fourth-order valence-electron chi connectivity index (χ4n) is 3.02. The number of hydrogen-bond donors (Lipinski definition) is 1. The van der Waals surface area contributed by atoms with Gasteiger partial charge in [0.2, 0.25) is 0 Å². The Morgan fingerprint density at radius 2 is 2.04 bits per heavy atom. The van der Waals surface area contributed by atoms with E-state index in [2.05, 4.69) is 53.3 Å². The fourth-order valence-corrected chi connectivity index (χ4v) is 3.02. The maximum absolute atomic E-state index is 12.3. The van der Waals surface area contributed by atoms with Gasteiger partial charge in [-0.3, -0.25) is 9.78 Å². The molecule has 0 saturated carbocycles. The smallest absolute Gasteiger partial charge is 0.269 e. The first-order chi connectivity index (χ1) is 11.6. The molecule has 0 fully saturated rings. The van der Waals surface area contributed by atoms with Crippen molar-refractivity contribution in [3.8, 4) is 0 Å². The van der Waals surface area contributed by atoms with Crippen molar-refractivity contribution in [3.05, 3.63) is 59.4 Å². The van der Waals surface area contributed by atoms with E-state index in [1.165, 1.54) is 11.1 Å². The Bertz CT molecular complexity index is 712. The molecule has 0 aliphatic carbocycles. The number of pyridine rings is 1. The molecule has 2 aromatic rings. The van der Waals surface area contributed by atoms with E-state index < -0.39 is 0 Å². The van der Waals surface area contributed by atoms with Gasteiger partial charge in [-0.2, -0.15) is 0 Å². The van der Waals surface area contributed by atoms with Gasteiger partial charge in [-0.25, -0.2) is 0 Å². The van der Waals surface area contributed by atoms with Crippen LogP contribution >= 0.6 is 0 Å². The monoisotopic (exact) mass is 323 g/mol. The third-order valence-electron chi connectivity index (χ3n) is 4.48. The summed E-state index contributed by atoms with van der Waals surface area (Å²) in [5, 5.41) is 2.96. The molecule has 126 valence electrons. The summed E-state index contributed by atoms with van der Waals surface area (Å²) in [5.41, 5.74) is 4.35. The number of hydrogen-bond acceptors (Lipinski definition) is 3. The molecule has 1 aromatic carbocycles. The topological polar surface area (TPSA) is 45.2 Å². The Hall–Kier alpha value is -2.36. The number of rotatable bonds is 5. The molecule has 4 nitrogen and oxygen atoms in total. The molecule has 1 aromatic heterocycles. The summed E-state index contributed by atoms with van der Waals surface area (Å²) in [6.45, 7) is 6.85. The first kappa shape index (κ1) is 16.5. The van der Waals surface area contributed by atoms with Crippen LogP contribution in [0.1, 0.15) is 41.9 Å². The Balaban J connectivity index is 1.68. The van der Waals surface area contributed by atoms with Crippen molar-refractivity contribution in [1.29, 1.82) is 0 Å². The summed E-state index contributed by atoms with van der Waals surface area (Å²) in [4.78, 5) is 18.8. The van der Waals surface area contributed by atoms with E-state index in [9.17, 15) is 4.79 Å². The van der Waals surface area contributed by atoms with Crippen molar-refractivity contribution in [1.82, 2.24) is 10.3 Å². The van der Waals surface area contributed by atoms with E-state index in [1.54, 1.807) is 6.20 Å². The highest BCUT2D eigenvalue weighted by molar-refractivity contribution is 5.93. The molecule has 1 aliphatic rings. The van der Waals surface area contributed by atoms with Gasteiger partial charge in [0.15, 0.2) is 0 Å². The molecule has 0 saturated heterocycles. The average Bonchev–Trinajstić information content (AvgIpc) is 2.61. The Labute approximate surface area is 143 Å². The summed E-state index contributed by atoms with van der Waals surface area (Å²) < 4.78 is 0. The molecule has 1 amide bonds. The molecular formula is C20H25N3O. The average molecular weight is 323 g/mol. The zero-order valence-corrected chi connectivity index (χ0v) is 14.5. The molecule has 4 heteroatoms. The minimum Gasteiger partial charge on any atom is -0.367 e. The van der Waals surface area contributed by atoms with Gasteiger partial charge in [-0.1, -0.05) is 38.1 Å². The Kier molecular flexibility index (Phi) is 5.14. The Morgan fingerprint density at radius 1 is 1.25 bits per heavy atom. The maximum Gasteiger partial charge on any atom is 0.269 e. The van der Waals surface area contributed by atoms with Crippen LogP contribution in [-0.4, -0.2) is 24.0 Å². The molecule has 3 rings (SSSR count). The van der Waals surface area contributed by atoms with Crippen molar-refractivity contribution in [2.24, 2.45) is 5.92 Å². The van der Waals surface area contributed by atoms with Crippen molar-refractivity contribution in [3.63, 3.8) is 0 Å². The Morgan fingerprint density at radius 3 is 2.83 bits per heavy atom. The lowest BCUT2D eigenvalue weighted by Crippen LogP contribution is -2.31.